The second kappa shape index (κ2) is 11.2. The fraction of sp³-hybridized carbons (Fsp3) is 0.414. The van der Waals surface area contributed by atoms with Gasteiger partial charge in [-0.3, -0.25) is 4.79 Å². The van der Waals surface area contributed by atoms with Crippen molar-refractivity contribution in [1.82, 2.24) is 14.7 Å². The summed E-state index contributed by atoms with van der Waals surface area (Å²) in [6.45, 7) is 8.68. The Balaban J connectivity index is 1.64. The van der Waals surface area contributed by atoms with Crippen LogP contribution in [0.5, 0.6) is 11.5 Å². The van der Waals surface area contributed by atoms with E-state index < -0.39 is 5.60 Å². The minimum atomic E-state index is -0.550. The van der Waals surface area contributed by atoms with Crippen LogP contribution in [0.4, 0.5) is 10.5 Å². The summed E-state index contributed by atoms with van der Waals surface area (Å²) in [7, 11) is 3.12. The highest BCUT2D eigenvalue weighted by atomic mass is 16.6. The molecule has 1 aliphatic heterocycles. The van der Waals surface area contributed by atoms with Gasteiger partial charge in [0.1, 0.15) is 17.1 Å². The number of nitrogens with one attached hydrogen (secondary N) is 1. The van der Waals surface area contributed by atoms with Gasteiger partial charge in [0.15, 0.2) is 0 Å². The number of aryl methyl sites for hydroxylation is 1. The van der Waals surface area contributed by atoms with Crippen molar-refractivity contribution in [2.75, 3.05) is 32.6 Å². The third-order valence-corrected chi connectivity index (χ3v) is 6.49. The summed E-state index contributed by atoms with van der Waals surface area (Å²) in [5.41, 5.74) is 3.27. The number of aromatic nitrogens is 2. The molecule has 1 N–H and O–H groups in total. The lowest BCUT2D eigenvalue weighted by molar-refractivity contribution is 0.0203. The van der Waals surface area contributed by atoms with Crippen molar-refractivity contribution in [2.45, 2.75) is 52.1 Å². The van der Waals surface area contributed by atoms with Gasteiger partial charge in [-0.05, 0) is 70.4 Å². The van der Waals surface area contributed by atoms with E-state index in [4.69, 9.17) is 14.2 Å². The maximum absolute atomic E-state index is 13.6. The minimum absolute atomic E-state index is 0.0233. The summed E-state index contributed by atoms with van der Waals surface area (Å²) >= 11 is 0. The van der Waals surface area contributed by atoms with Gasteiger partial charge in [-0.1, -0.05) is 12.1 Å². The van der Waals surface area contributed by atoms with Crippen molar-refractivity contribution >= 4 is 17.7 Å². The Morgan fingerprint density at radius 3 is 2.39 bits per heavy atom. The Labute approximate surface area is 223 Å². The highest BCUT2D eigenvalue weighted by molar-refractivity contribution is 6.06. The molecular weight excluding hydrogens is 484 g/mol. The molecule has 3 aromatic rings. The first-order valence-electron chi connectivity index (χ1n) is 12.8. The highest BCUT2D eigenvalue weighted by Gasteiger charge is 2.32. The Hall–Kier alpha value is -4.01. The Kier molecular flexibility index (Phi) is 7.94. The molecule has 9 heteroatoms. The maximum atomic E-state index is 13.6. The van der Waals surface area contributed by atoms with E-state index in [-0.39, 0.29) is 17.9 Å². The Morgan fingerprint density at radius 1 is 1.03 bits per heavy atom. The molecule has 202 valence electrons. The largest absolute Gasteiger partial charge is 0.497 e. The van der Waals surface area contributed by atoms with Crippen molar-refractivity contribution < 1.29 is 23.8 Å². The van der Waals surface area contributed by atoms with Gasteiger partial charge in [0.2, 0.25) is 0 Å². The third-order valence-electron chi connectivity index (χ3n) is 6.49. The predicted molar refractivity (Wildman–Crippen MR) is 146 cm³/mol. The van der Waals surface area contributed by atoms with Crippen LogP contribution >= 0.6 is 0 Å². The van der Waals surface area contributed by atoms with Crippen molar-refractivity contribution in [1.29, 1.82) is 0 Å². The normalized spacial score (nSPS) is 14.2. The van der Waals surface area contributed by atoms with Crippen LogP contribution in [0.1, 0.15) is 61.1 Å². The average Bonchev–Trinajstić information content (AvgIpc) is 3.33. The van der Waals surface area contributed by atoms with Crippen molar-refractivity contribution in [3.63, 3.8) is 0 Å². The number of likely N-dealkylation sites (tertiary alicyclic amines) is 1. The summed E-state index contributed by atoms with van der Waals surface area (Å²) in [5, 5.41) is 7.62. The molecule has 0 unspecified atom stereocenters. The number of amides is 2. The number of rotatable bonds is 6. The number of hydrogen-bond donors (Lipinski definition) is 1. The van der Waals surface area contributed by atoms with Crippen LogP contribution in [0, 0.1) is 6.92 Å². The zero-order valence-corrected chi connectivity index (χ0v) is 22.9. The monoisotopic (exact) mass is 520 g/mol. The van der Waals surface area contributed by atoms with E-state index in [9.17, 15) is 9.59 Å². The first-order chi connectivity index (χ1) is 18.1. The molecule has 9 nitrogen and oxygen atoms in total. The highest BCUT2D eigenvalue weighted by Crippen LogP contribution is 2.34. The van der Waals surface area contributed by atoms with E-state index in [2.05, 4.69) is 10.4 Å². The molecule has 0 saturated carbocycles. The smallest absolute Gasteiger partial charge is 0.410 e. The van der Waals surface area contributed by atoms with Gasteiger partial charge in [0.05, 0.1) is 43.0 Å². The molecular formula is C29H36N4O5. The fourth-order valence-corrected chi connectivity index (χ4v) is 4.64. The van der Waals surface area contributed by atoms with Crippen molar-refractivity contribution in [3.8, 4) is 17.2 Å². The van der Waals surface area contributed by atoms with Gasteiger partial charge in [-0.2, -0.15) is 5.10 Å². The molecule has 2 heterocycles. The summed E-state index contributed by atoms with van der Waals surface area (Å²) in [4.78, 5) is 28.0. The van der Waals surface area contributed by atoms with Crippen LogP contribution in [0.25, 0.3) is 5.69 Å². The fourth-order valence-electron chi connectivity index (χ4n) is 4.64. The molecule has 0 spiro atoms. The lowest BCUT2D eigenvalue weighted by atomic mass is 9.90. The first-order valence-corrected chi connectivity index (χ1v) is 12.8. The van der Waals surface area contributed by atoms with Gasteiger partial charge in [-0.15, -0.1) is 0 Å². The molecule has 1 aliphatic rings. The third kappa shape index (κ3) is 6.10. The number of ether oxygens (including phenoxy) is 3. The SMILES string of the molecule is COc1ccc(NC(=O)c2cnn(-c3cccc(C)c3)c2C2CCN(C(=O)OC(C)(C)C)CC2)c(OC)c1. The molecule has 2 amide bonds. The number of carbonyl (C=O) groups is 2. The summed E-state index contributed by atoms with van der Waals surface area (Å²) in [6, 6.07) is 13.3. The molecule has 4 rings (SSSR count). The van der Waals surface area contributed by atoms with Crippen LogP contribution < -0.4 is 14.8 Å². The molecule has 1 aromatic heterocycles. The molecule has 1 fully saturated rings. The molecule has 0 radical (unpaired) electrons. The average molecular weight is 521 g/mol. The van der Waals surface area contributed by atoms with Crippen LogP contribution in [0.2, 0.25) is 0 Å². The van der Waals surface area contributed by atoms with Crippen molar-refractivity contribution in [3.05, 3.63) is 65.5 Å². The van der Waals surface area contributed by atoms with E-state index in [1.54, 1.807) is 43.5 Å². The number of benzene rings is 2. The van der Waals surface area contributed by atoms with E-state index >= 15 is 0 Å². The van der Waals surface area contributed by atoms with E-state index in [0.717, 1.165) is 16.9 Å². The number of piperidine rings is 1. The second-order valence-corrected chi connectivity index (χ2v) is 10.5. The molecule has 0 atom stereocenters. The summed E-state index contributed by atoms with van der Waals surface area (Å²) < 4.78 is 18.1. The second-order valence-electron chi connectivity index (χ2n) is 10.5. The zero-order chi connectivity index (χ0) is 27.4. The quantitative estimate of drug-likeness (QED) is 0.457. The van der Waals surface area contributed by atoms with Gasteiger partial charge >= 0.3 is 6.09 Å². The summed E-state index contributed by atoms with van der Waals surface area (Å²) in [5.74, 6) is 0.868. The van der Waals surface area contributed by atoms with Gasteiger partial charge in [0, 0.05) is 25.1 Å². The predicted octanol–water partition coefficient (Wildman–Crippen LogP) is 5.56. The van der Waals surface area contributed by atoms with Crippen LogP contribution in [-0.4, -0.2) is 59.6 Å². The Morgan fingerprint density at radius 2 is 1.76 bits per heavy atom. The number of carbonyl (C=O) groups excluding carboxylic acids is 2. The Bertz CT molecular complexity index is 1300. The summed E-state index contributed by atoms with van der Waals surface area (Å²) in [6.07, 6.45) is 2.67. The number of nitrogens with zero attached hydrogens (tertiary/aromatic N) is 3. The molecule has 0 aliphatic carbocycles. The van der Waals surface area contributed by atoms with E-state index in [0.29, 0.717) is 48.7 Å². The molecule has 1 saturated heterocycles. The molecule has 2 aromatic carbocycles. The van der Waals surface area contributed by atoms with Crippen molar-refractivity contribution in [2.24, 2.45) is 0 Å². The van der Waals surface area contributed by atoms with Crippen LogP contribution in [0.15, 0.2) is 48.7 Å². The van der Waals surface area contributed by atoms with E-state index in [1.165, 1.54) is 0 Å². The first kappa shape index (κ1) is 27.0. The van der Waals surface area contributed by atoms with Gasteiger partial charge in [0.25, 0.3) is 5.91 Å². The van der Waals surface area contributed by atoms with Crippen LogP contribution in [0.3, 0.4) is 0 Å². The standard InChI is InChI=1S/C29H36N4O5/c1-19-8-7-9-21(16-19)33-26(20-12-14-32(15-13-20)28(35)38-29(2,3)4)23(18-30-33)27(34)31-24-11-10-22(36-5)17-25(24)37-6/h7-11,16-18,20H,12-15H2,1-6H3,(H,31,34). The topological polar surface area (TPSA) is 94.9 Å². The molecule has 0 bridgehead atoms. The van der Waals surface area contributed by atoms with Crippen LogP contribution in [-0.2, 0) is 4.74 Å². The lowest BCUT2D eigenvalue weighted by Crippen LogP contribution is -2.41. The van der Waals surface area contributed by atoms with Gasteiger partial charge < -0.3 is 24.4 Å². The zero-order valence-electron chi connectivity index (χ0n) is 22.9. The van der Waals surface area contributed by atoms with Gasteiger partial charge in [-0.25, -0.2) is 9.48 Å². The molecule has 38 heavy (non-hydrogen) atoms. The van der Waals surface area contributed by atoms with E-state index in [1.807, 2.05) is 56.6 Å². The lowest BCUT2D eigenvalue weighted by Gasteiger charge is -2.34. The maximum Gasteiger partial charge on any atom is 0.410 e. The number of methoxy groups -OCH3 is 2. The minimum Gasteiger partial charge on any atom is -0.497 e. The number of hydrogen-bond acceptors (Lipinski definition) is 6. The number of anilines is 1.